The van der Waals surface area contributed by atoms with Gasteiger partial charge in [-0.1, -0.05) is 13.0 Å². The van der Waals surface area contributed by atoms with Crippen LogP contribution in [0.3, 0.4) is 0 Å². The Kier molecular flexibility index (Phi) is 4.02. The zero-order valence-corrected chi connectivity index (χ0v) is 13.2. The van der Waals surface area contributed by atoms with Crippen LogP contribution in [0.2, 0.25) is 0 Å². The fourth-order valence-corrected chi connectivity index (χ4v) is 2.75. The van der Waals surface area contributed by atoms with E-state index in [1.807, 2.05) is 0 Å². The van der Waals surface area contributed by atoms with E-state index in [1.165, 1.54) is 30.2 Å². The molecular formula is C16H14F3N3O3. The molecule has 1 aromatic heterocycles. The largest absolute Gasteiger partial charge is 0.474 e. The molecule has 0 aliphatic carbocycles. The Morgan fingerprint density at radius 1 is 1.36 bits per heavy atom. The Labute approximate surface area is 141 Å². The third-order valence-corrected chi connectivity index (χ3v) is 4.18. The Hall–Kier alpha value is -2.84. The Bertz CT molecular complexity index is 798. The number of hydrogen-bond donors (Lipinski definition) is 0. The fourth-order valence-electron chi connectivity index (χ4n) is 2.75. The van der Waals surface area contributed by atoms with E-state index < -0.39 is 23.2 Å². The highest BCUT2D eigenvalue weighted by Crippen LogP contribution is 2.48. The molecule has 0 bridgehead atoms. The Morgan fingerprint density at radius 3 is 2.68 bits per heavy atom. The monoisotopic (exact) mass is 353 g/mol. The maximum absolute atomic E-state index is 13.7. The number of benzene rings is 1. The summed E-state index contributed by atoms with van der Waals surface area (Å²) in [6, 6.07) is 8.33. The Morgan fingerprint density at radius 2 is 2.12 bits per heavy atom. The van der Waals surface area contributed by atoms with Gasteiger partial charge in [-0.3, -0.25) is 10.1 Å². The smallest absolute Gasteiger partial charge is 0.430 e. The van der Waals surface area contributed by atoms with Crippen molar-refractivity contribution in [2.24, 2.45) is 0 Å². The van der Waals surface area contributed by atoms with E-state index in [-0.39, 0.29) is 29.4 Å². The van der Waals surface area contributed by atoms with E-state index in [0.717, 1.165) is 6.07 Å². The van der Waals surface area contributed by atoms with Gasteiger partial charge in [0.1, 0.15) is 11.6 Å². The number of nitrogens with zero attached hydrogens (tertiary/aromatic N) is 3. The zero-order chi connectivity index (χ0) is 18.2. The molecule has 25 heavy (non-hydrogen) atoms. The number of aromatic nitrogens is 1. The molecule has 0 amide bonds. The average Bonchev–Trinajstić information content (AvgIpc) is 2.60. The predicted molar refractivity (Wildman–Crippen MR) is 84.0 cm³/mol. The van der Waals surface area contributed by atoms with Crippen molar-refractivity contribution in [2.45, 2.75) is 25.1 Å². The summed E-state index contributed by atoms with van der Waals surface area (Å²) in [5, 5.41) is 11.0. The predicted octanol–water partition coefficient (Wildman–Crippen LogP) is 4.23. The van der Waals surface area contributed by atoms with Crippen molar-refractivity contribution < 1.29 is 22.8 Å². The van der Waals surface area contributed by atoms with Gasteiger partial charge in [0.15, 0.2) is 0 Å². The second-order valence-corrected chi connectivity index (χ2v) is 5.63. The van der Waals surface area contributed by atoms with Gasteiger partial charge in [0, 0.05) is 18.3 Å². The number of halogens is 3. The Balaban J connectivity index is 2.18. The highest BCUT2D eigenvalue weighted by atomic mass is 19.4. The minimum Gasteiger partial charge on any atom is -0.474 e. The summed E-state index contributed by atoms with van der Waals surface area (Å²) in [7, 11) is 0. The molecule has 0 radical (unpaired) electrons. The number of anilines is 2. The van der Waals surface area contributed by atoms with Crippen molar-refractivity contribution in [3.8, 4) is 5.75 Å². The topological polar surface area (TPSA) is 68.5 Å². The minimum atomic E-state index is -4.62. The third-order valence-electron chi connectivity index (χ3n) is 4.18. The lowest BCUT2D eigenvalue weighted by Crippen LogP contribution is -2.59. The summed E-state index contributed by atoms with van der Waals surface area (Å²) in [6.45, 7) is 0.846. The molecular weight excluding hydrogens is 339 g/mol. The van der Waals surface area contributed by atoms with Crippen LogP contribution >= 0.6 is 0 Å². The highest BCUT2D eigenvalue weighted by Gasteiger charge is 2.59. The summed E-state index contributed by atoms with van der Waals surface area (Å²) in [4.78, 5) is 15.8. The van der Waals surface area contributed by atoms with Crippen LogP contribution in [0.1, 0.15) is 13.3 Å². The van der Waals surface area contributed by atoms with Crippen molar-refractivity contribution in [1.29, 1.82) is 0 Å². The van der Waals surface area contributed by atoms with E-state index >= 15 is 0 Å². The van der Waals surface area contributed by atoms with E-state index in [1.54, 1.807) is 18.2 Å². The molecule has 0 saturated heterocycles. The first-order valence-electron chi connectivity index (χ1n) is 7.50. The molecule has 1 atom stereocenters. The average molecular weight is 353 g/mol. The summed E-state index contributed by atoms with van der Waals surface area (Å²) < 4.78 is 46.4. The molecule has 2 heterocycles. The number of nitro groups is 1. The minimum absolute atomic E-state index is 0.0679. The highest BCUT2D eigenvalue weighted by molar-refractivity contribution is 5.71. The van der Waals surface area contributed by atoms with E-state index in [4.69, 9.17) is 4.74 Å². The molecule has 3 rings (SSSR count). The molecule has 1 unspecified atom stereocenters. The van der Waals surface area contributed by atoms with Crippen molar-refractivity contribution in [1.82, 2.24) is 4.98 Å². The molecule has 1 aliphatic heterocycles. The van der Waals surface area contributed by atoms with Gasteiger partial charge in [-0.25, -0.2) is 4.98 Å². The molecule has 0 fully saturated rings. The number of hydrogen-bond acceptors (Lipinski definition) is 5. The van der Waals surface area contributed by atoms with Crippen LogP contribution in [0.5, 0.6) is 5.75 Å². The zero-order valence-electron chi connectivity index (χ0n) is 13.2. The molecule has 6 nitrogen and oxygen atoms in total. The number of fused-ring (bicyclic) bond motifs is 1. The summed E-state index contributed by atoms with van der Waals surface area (Å²) in [5.74, 6) is 0.191. The number of ether oxygens (including phenoxy) is 1. The molecule has 0 spiro atoms. The molecule has 9 heteroatoms. The van der Waals surface area contributed by atoms with Gasteiger partial charge >= 0.3 is 6.18 Å². The van der Waals surface area contributed by atoms with Crippen molar-refractivity contribution in [2.75, 3.05) is 11.4 Å². The van der Waals surface area contributed by atoms with E-state index in [2.05, 4.69) is 4.98 Å². The molecule has 0 saturated carbocycles. The maximum Gasteiger partial charge on any atom is 0.430 e. The van der Waals surface area contributed by atoms with Crippen LogP contribution in [0, 0.1) is 10.1 Å². The van der Waals surface area contributed by atoms with Crippen LogP contribution in [0.25, 0.3) is 0 Å². The van der Waals surface area contributed by atoms with Crippen molar-refractivity contribution >= 4 is 17.2 Å². The van der Waals surface area contributed by atoms with Crippen LogP contribution < -0.4 is 9.64 Å². The lowest BCUT2D eigenvalue weighted by atomic mass is 9.96. The van der Waals surface area contributed by atoms with Gasteiger partial charge in [-0.2, -0.15) is 13.2 Å². The SMILES string of the molecule is CCC1(C(F)(F)F)CN(c2ccccn2)c2cc([N+](=O)[O-])ccc2O1. The fraction of sp³-hybridized carbons (Fsp3) is 0.312. The number of alkyl halides is 3. The summed E-state index contributed by atoms with van der Waals surface area (Å²) >= 11 is 0. The lowest BCUT2D eigenvalue weighted by molar-refractivity contribution is -0.384. The molecule has 1 aromatic carbocycles. The third kappa shape index (κ3) is 2.86. The van der Waals surface area contributed by atoms with Crippen molar-refractivity contribution in [3.05, 3.63) is 52.7 Å². The van der Waals surface area contributed by atoms with Gasteiger partial charge < -0.3 is 9.64 Å². The first-order valence-corrected chi connectivity index (χ1v) is 7.50. The van der Waals surface area contributed by atoms with Crippen LogP contribution in [-0.4, -0.2) is 28.2 Å². The van der Waals surface area contributed by atoms with Gasteiger partial charge in [0.05, 0.1) is 17.2 Å². The quantitative estimate of drug-likeness (QED) is 0.610. The maximum atomic E-state index is 13.7. The van der Waals surface area contributed by atoms with Gasteiger partial charge in [0.25, 0.3) is 5.69 Å². The van der Waals surface area contributed by atoms with E-state index in [0.29, 0.717) is 0 Å². The number of nitro benzene ring substituents is 1. The van der Waals surface area contributed by atoms with Gasteiger partial charge in [-0.05, 0) is 24.6 Å². The number of rotatable bonds is 3. The molecule has 0 N–H and O–H groups in total. The second kappa shape index (κ2) is 5.91. The van der Waals surface area contributed by atoms with Crippen LogP contribution in [0.15, 0.2) is 42.6 Å². The van der Waals surface area contributed by atoms with E-state index in [9.17, 15) is 23.3 Å². The van der Waals surface area contributed by atoms with Crippen LogP contribution in [-0.2, 0) is 0 Å². The standard InChI is InChI=1S/C16H14F3N3O3/c1-2-15(16(17,18)19)10-21(14-5-3-4-8-20-14)12-9-11(22(23)24)6-7-13(12)25-15/h3-9H,2,10H2,1H3. The molecule has 2 aromatic rings. The molecule has 1 aliphatic rings. The summed E-state index contributed by atoms with van der Waals surface area (Å²) in [6.07, 6.45) is -3.48. The number of non-ortho nitro benzene ring substituents is 1. The normalized spacial score (nSPS) is 19.9. The van der Waals surface area contributed by atoms with Gasteiger partial charge in [-0.15, -0.1) is 0 Å². The van der Waals surface area contributed by atoms with Crippen molar-refractivity contribution in [3.63, 3.8) is 0 Å². The first kappa shape index (κ1) is 17.0. The second-order valence-electron chi connectivity index (χ2n) is 5.63. The van der Waals surface area contributed by atoms with Crippen LogP contribution in [0.4, 0.5) is 30.4 Å². The summed E-state index contributed by atoms with van der Waals surface area (Å²) in [5.41, 5.74) is -2.48. The number of pyridine rings is 1. The lowest BCUT2D eigenvalue weighted by Gasteiger charge is -2.44. The first-order chi connectivity index (χ1) is 11.8. The molecule has 132 valence electrons. The van der Waals surface area contributed by atoms with Gasteiger partial charge in [0.2, 0.25) is 5.60 Å².